The number of hydrogen-bond donors (Lipinski definition) is 3. The lowest BCUT2D eigenvalue weighted by atomic mass is 10.2. The fourth-order valence-electron chi connectivity index (χ4n) is 4.14. The monoisotopic (exact) mass is 511 g/mol. The van der Waals surface area contributed by atoms with Crippen molar-refractivity contribution in [1.82, 2.24) is 24.8 Å². The number of terminal acetylenes is 1. The van der Waals surface area contributed by atoms with Crippen LogP contribution in [-0.4, -0.2) is 71.5 Å². The number of anilines is 4. The van der Waals surface area contributed by atoms with E-state index in [1.807, 2.05) is 48.5 Å². The van der Waals surface area contributed by atoms with Crippen LogP contribution in [-0.2, 0) is 4.74 Å². The number of nitrogens with one attached hydrogen (secondary N) is 3. The zero-order valence-corrected chi connectivity index (χ0v) is 20.9. The minimum atomic E-state index is -0.163. The number of hydrogen-bond acceptors (Lipinski definition) is 8. The average Bonchev–Trinajstić information content (AvgIpc) is 3.37. The molecule has 3 heterocycles. The molecule has 0 saturated carbocycles. The third-order valence-corrected chi connectivity index (χ3v) is 6.08. The van der Waals surface area contributed by atoms with Gasteiger partial charge in [0, 0.05) is 55.3 Å². The first-order chi connectivity index (χ1) is 18.7. The summed E-state index contributed by atoms with van der Waals surface area (Å²) in [5.41, 5.74) is 2.41. The van der Waals surface area contributed by atoms with Crippen LogP contribution in [0.3, 0.4) is 0 Å². The molecule has 1 aliphatic rings. The topological polar surface area (TPSA) is 106 Å². The molecule has 10 heteroatoms. The molecule has 1 amide bonds. The van der Waals surface area contributed by atoms with Crippen LogP contribution in [0.4, 0.5) is 27.9 Å². The summed E-state index contributed by atoms with van der Waals surface area (Å²) in [5, 5.41) is 10.5. The number of carbonyl (C=O) groups excluding carboxylic acids is 1. The van der Waals surface area contributed by atoms with Gasteiger partial charge in [0.25, 0.3) is 0 Å². The number of benzene rings is 2. The molecule has 2 aromatic heterocycles. The van der Waals surface area contributed by atoms with Crippen molar-refractivity contribution in [3.63, 3.8) is 0 Å². The number of carbonyl (C=O) groups is 1. The number of amides is 1. The van der Waals surface area contributed by atoms with E-state index in [1.54, 1.807) is 23.0 Å². The third kappa shape index (κ3) is 6.39. The van der Waals surface area contributed by atoms with Gasteiger partial charge in [0.2, 0.25) is 5.95 Å². The van der Waals surface area contributed by atoms with E-state index in [-0.39, 0.29) is 12.6 Å². The largest absolute Gasteiger partial charge is 0.481 e. The SMILES string of the molecule is C#CCOc1ccc(Nc2ccnc(Nc3ccc4ccn(C(=O)NCCN5CCOCC5)c4c3)n2)cc1. The van der Waals surface area contributed by atoms with Gasteiger partial charge in [0.15, 0.2) is 0 Å². The Morgan fingerprint density at radius 1 is 1.05 bits per heavy atom. The molecular formula is C28H29N7O3. The van der Waals surface area contributed by atoms with Crippen molar-refractivity contribution in [2.45, 2.75) is 0 Å². The Morgan fingerprint density at radius 3 is 2.68 bits per heavy atom. The molecule has 4 aromatic rings. The van der Waals surface area contributed by atoms with E-state index in [0.717, 1.165) is 55.1 Å². The van der Waals surface area contributed by atoms with Crippen LogP contribution in [0, 0.1) is 12.3 Å². The van der Waals surface area contributed by atoms with Gasteiger partial charge in [0.1, 0.15) is 18.2 Å². The van der Waals surface area contributed by atoms with Gasteiger partial charge in [-0.1, -0.05) is 12.0 Å². The van der Waals surface area contributed by atoms with E-state index in [0.29, 0.717) is 24.1 Å². The highest BCUT2D eigenvalue weighted by molar-refractivity contribution is 5.93. The van der Waals surface area contributed by atoms with Gasteiger partial charge < -0.3 is 25.4 Å². The molecule has 1 aliphatic heterocycles. The summed E-state index contributed by atoms with van der Waals surface area (Å²) in [6.07, 6.45) is 8.68. The van der Waals surface area contributed by atoms with E-state index in [2.05, 4.69) is 36.7 Å². The van der Waals surface area contributed by atoms with E-state index in [9.17, 15) is 4.79 Å². The van der Waals surface area contributed by atoms with E-state index < -0.39 is 0 Å². The molecular weight excluding hydrogens is 482 g/mol. The van der Waals surface area contributed by atoms with Crippen molar-refractivity contribution in [3.05, 3.63) is 67.0 Å². The van der Waals surface area contributed by atoms with Gasteiger partial charge in [-0.25, -0.2) is 9.78 Å². The first kappa shape index (κ1) is 25.1. The van der Waals surface area contributed by atoms with Crippen LogP contribution >= 0.6 is 0 Å². The zero-order valence-electron chi connectivity index (χ0n) is 20.9. The van der Waals surface area contributed by atoms with Crippen molar-refractivity contribution >= 4 is 40.1 Å². The first-order valence-corrected chi connectivity index (χ1v) is 12.4. The summed E-state index contributed by atoms with van der Waals surface area (Å²) in [6.45, 7) is 4.87. The van der Waals surface area contributed by atoms with Gasteiger partial charge in [0.05, 0.1) is 18.7 Å². The normalized spacial score (nSPS) is 13.6. The molecule has 1 saturated heterocycles. The van der Waals surface area contributed by atoms with E-state index in [1.165, 1.54) is 0 Å². The number of ether oxygens (including phenoxy) is 2. The summed E-state index contributed by atoms with van der Waals surface area (Å²) in [5.74, 6) is 4.20. The van der Waals surface area contributed by atoms with Gasteiger partial charge in [-0.2, -0.15) is 4.98 Å². The quantitative estimate of drug-likeness (QED) is 0.291. The minimum Gasteiger partial charge on any atom is -0.481 e. The molecule has 0 radical (unpaired) electrons. The highest BCUT2D eigenvalue weighted by atomic mass is 16.5. The highest BCUT2D eigenvalue weighted by Crippen LogP contribution is 2.24. The van der Waals surface area contributed by atoms with Crippen LogP contribution in [0.25, 0.3) is 10.9 Å². The van der Waals surface area contributed by atoms with E-state index >= 15 is 0 Å². The number of fused-ring (bicyclic) bond motifs is 1. The minimum absolute atomic E-state index is 0.163. The lowest BCUT2D eigenvalue weighted by molar-refractivity contribution is 0.0387. The number of nitrogens with zero attached hydrogens (tertiary/aromatic N) is 4. The maximum Gasteiger partial charge on any atom is 0.326 e. The summed E-state index contributed by atoms with van der Waals surface area (Å²) in [4.78, 5) is 24.0. The average molecular weight is 512 g/mol. The summed E-state index contributed by atoms with van der Waals surface area (Å²) in [6, 6.07) is 16.8. The van der Waals surface area contributed by atoms with Gasteiger partial charge in [-0.3, -0.25) is 9.47 Å². The lowest BCUT2D eigenvalue weighted by Crippen LogP contribution is -2.42. The number of aromatic nitrogens is 3. The second-order valence-corrected chi connectivity index (χ2v) is 8.68. The predicted molar refractivity (Wildman–Crippen MR) is 147 cm³/mol. The Labute approximate surface area is 221 Å². The Kier molecular flexibility index (Phi) is 7.98. The second kappa shape index (κ2) is 12.1. The molecule has 2 aromatic carbocycles. The van der Waals surface area contributed by atoms with Crippen molar-refractivity contribution in [2.24, 2.45) is 0 Å². The zero-order chi connectivity index (χ0) is 26.2. The van der Waals surface area contributed by atoms with Gasteiger partial charge in [-0.15, -0.1) is 6.42 Å². The molecule has 0 spiro atoms. The maximum atomic E-state index is 12.9. The van der Waals surface area contributed by atoms with Gasteiger partial charge >= 0.3 is 6.03 Å². The van der Waals surface area contributed by atoms with Crippen LogP contribution in [0.5, 0.6) is 5.75 Å². The summed E-state index contributed by atoms with van der Waals surface area (Å²) in [7, 11) is 0. The smallest absolute Gasteiger partial charge is 0.326 e. The van der Waals surface area contributed by atoms with Crippen LogP contribution in [0.15, 0.2) is 67.0 Å². The first-order valence-electron chi connectivity index (χ1n) is 12.4. The Balaban J connectivity index is 1.22. The second-order valence-electron chi connectivity index (χ2n) is 8.68. The predicted octanol–water partition coefficient (Wildman–Crippen LogP) is 3.82. The van der Waals surface area contributed by atoms with Crippen LogP contribution in [0.2, 0.25) is 0 Å². The molecule has 0 atom stereocenters. The maximum absolute atomic E-state index is 12.9. The highest BCUT2D eigenvalue weighted by Gasteiger charge is 2.13. The molecule has 10 nitrogen and oxygen atoms in total. The third-order valence-electron chi connectivity index (χ3n) is 6.08. The van der Waals surface area contributed by atoms with E-state index in [4.69, 9.17) is 15.9 Å². The summed E-state index contributed by atoms with van der Waals surface area (Å²) >= 11 is 0. The fourth-order valence-corrected chi connectivity index (χ4v) is 4.14. The number of rotatable bonds is 9. The fraction of sp³-hybridized carbons (Fsp3) is 0.250. The van der Waals surface area contributed by atoms with Gasteiger partial charge in [-0.05, 0) is 48.5 Å². The van der Waals surface area contributed by atoms with Crippen molar-refractivity contribution < 1.29 is 14.3 Å². The molecule has 38 heavy (non-hydrogen) atoms. The standard InChI is InChI=1S/C28H29N7O3/c1-2-17-38-24-7-5-22(6-8-24)31-26-9-11-29-27(33-26)32-23-4-3-21-10-13-35(25(21)20-23)28(36)30-12-14-34-15-18-37-19-16-34/h1,3-11,13,20H,12,14-19H2,(H,30,36)(H2,29,31,32,33). The van der Waals surface area contributed by atoms with Crippen molar-refractivity contribution in [1.29, 1.82) is 0 Å². The molecule has 5 rings (SSSR count). The lowest BCUT2D eigenvalue weighted by Gasteiger charge is -2.26. The van der Waals surface area contributed by atoms with Crippen LogP contribution < -0.4 is 20.7 Å². The molecule has 0 unspecified atom stereocenters. The molecule has 0 aliphatic carbocycles. The molecule has 3 N–H and O–H groups in total. The Hall–Kier alpha value is -4.59. The number of morpholine rings is 1. The Morgan fingerprint density at radius 2 is 1.87 bits per heavy atom. The molecule has 0 bridgehead atoms. The van der Waals surface area contributed by atoms with Crippen molar-refractivity contribution in [3.8, 4) is 18.1 Å². The molecule has 1 fully saturated rings. The Bertz CT molecular complexity index is 1420. The van der Waals surface area contributed by atoms with Crippen molar-refractivity contribution in [2.75, 3.05) is 56.6 Å². The molecule has 194 valence electrons. The summed E-state index contributed by atoms with van der Waals surface area (Å²) < 4.78 is 12.4. The van der Waals surface area contributed by atoms with Crippen LogP contribution in [0.1, 0.15) is 0 Å².